The van der Waals surface area contributed by atoms with Gasteiger partial charge in [-0.15, -0.1) is 0 Å². The quantitative estimate of drug-likeness (QED) is 0.841. The third-order valence-electron chi connectivity index (χ3n) is 6.12. The number of rotatable bonds is 4. The van der Waals surface area contributed by atoms with Crippen molar-refractivity contribution >= 4 is 17.0 Å². The summed E-state index contributed by atoms with van der Waals surface area (Å²) in [7, 11) is 1.65. The number of aryl methyl sites for hydroxylation is 2. The lowest BCUT2D eigenvalue weighted by molar-refractivity contribution is 0.0587. The molecule has 2 aliphatic carbocycles. The first kappa shape index (κ1) is 17.3. The van der Waals surface area contributed by atoms with Crippen LogP contribution in [0.3, 0.4) is 0 Å². The first-order chi connectivity index (χ1) is 12.5. The summed E-state index contributed by atoms with van der Waals surface area (Å²) in [5.74, 6) is 1.23. The second kappa shape index (κ2) is 6.56. The van der Waals surface area contributed by atoms with Crippen LogP contribution in [0.4, 0.5) is 0 Å². The molecular formula is C20H27N3O3. The molecule has 2 aromatic heterocycles. The van der Waals surface area contributed by atoms with Crippen LogP contribution in [-0.4, -0.2) is 32.4 Å². The van der Waals surface area contributed by atoms with Crippen molar-refractivity contribution in [3.8, 4) is 0 Å². The van der Waals surface area contributed by atoms with Gasteiger partial charge in [0.15, 0.2) is 0 Å². The SMILES string of the molecule is CCC1CCC(N(C(=O)c2c(C)oc3ncn(C)c(=O)c23)C2CC2)CC1. The second-order valence-corrected chi connectivity index (χ2v) is 7.90. The maximum Gasteiger partial charge on any atom is 0.265 e. The van der Waals surface area contributed by atoms with Gasteiger partial charge in [0.05, 0.1) is 5.56 Å². The normalized spacial score (nSPS) is 23.3. The van der Waals surface area contributed by atoms with Crippen molar-refractivity contribution in [2.45, 2.75) is 70.9 Å². The number of fused-ring (bicyclic) bond motifs is 1. The Kier molecular flexibility index (Phi) is 4.37. The van der Waals surface area contributed by atoms with Crippen molar-refractivity contribution in [3.63, 3.8) is 0 Å². The summed E-state index contributed by atoms with van der Waals surface area (Å²) in [5, 5.41) is 0.324. The Morgan fingerprint density at radius 3 is 2.42 bits per heavy atom. The Balaban J connectivity index is 1.71. The topological polar surface area (TPSA) is 68.3 Å². The molecule has 1 amide bonds. The van der Waals surface area contributed by atoms with Crippen LogP contribution < -0.4 is 5.56 Å². The maximum absolute atomic E-state index is 13.5. The molecule has 2 saturated carbocycles. The van der Waals surface area contributed by atoms with Crippen molar-refractivity contribution < 1.29 is 9.21 Å². The van der Waals surface area contributed by atoms with E-state index in [1.165, 1.54) is 30.2 Å². The van der Waals surface area contributed by atoms with E-state index in [1.54, 1.807) is 14.0 Å². The van der Waals surface area contributed by atoms with Gasteiger partial charge in [-0.05, 0) is 51.4 Å². The largest absolute Gasteiger partial charge is 0.442 e. The van der Waals surface area contributed by atoms with E-state index < -0.39 is 0 Å². The number of aromatic nitrogens is 2. The molecule has 2 aliphatic rings. The minimum absolute atomic E-state index is 0.0474. The number of nitrogens with zero attached hydrogens (tertiary/aromatic N) is 3. The van der Waals surface area contributed by atoms with E-state index >= 15 is 0 Å². The predicted molar refractivity (Wildman–Crippen MR) is 99.2 cm³/mol. The third kappa shape index (κ3) is 2.85. The lowest BCUT2D eigenvalue weighted by Gasteiger charge is -2.37. The summed E-state index contributed by atoms with van der Waals surface area (Å²) in [5.41, 5.74) is 0.457. The van der Waals surface area contributed by atoms with Crippen molar-refractivity contribution in [2.75, 3.05) is 0 Å². The minimum Gasteiger partial charge on any atom is -0.442 e. The molecule has 4 rings (SSSR count). The van der Waals surface area contributed by atoms with E-state index in [1.807, 2.05) is 0 Å². The highest BCUT2D eigenvalue weighted by molar-refractivity contribution is 6.06. The first-order valence-electron chi connectivity index (χ1n) is 9.78. The molecule has 0 N–H and O–H groups in total. The number of furan rings is 1. The van der Waals surface area contributed by atoms with Gasteiger partial charge in [-0.1, -0.05) is 13.3 Å². The van der Waals surface area contributed by atoms with Crippen LogP contribution in [0.5, 0.6) is 0 Å². The van der Waals surface area contributed by atoms with Gasteiger partial charge in [0.1, 0.15) is 17.5 Å². The highest BCUT2D eigenvalue weighted by atomic mass is 16.3. The van der Waals surface area contributed by atoms with Crippen LogP contribution in [0.1, 0.15) is 68.0 Å². The van der Waals surface area contributed by atoms with Crippen molar-refractivity contribution in [1.29, 1.82) is 0 Å². The van der Waals surface area contributed by atoms with Gasteiger partial charge >= 0.3 is 0 Å². The van der Waals surface area contributed by atoms with Gasteiger partial charge in [0.25, 0.3) is 11.5 Å². The molecule has 0 unspecified atom stereocenters. The van der Waals surface area contributed by atoms with Gasteiger partial charge in [-0.25, -0.2) is 4.98 Å². The Morgan fingerprint density at radius 1 is 1.23 bits per heavy atom. The van der Waals surface area contributed by atoms with E-state index in [-0.39, 0.29) is 23.2 Å². The number of amides is 1. The molecule has 0 saturated heterocycles. The fourth-order valence-corrected chi connectivity index (χ4v) is 4.39. The average molecular weight is 357 g/mol. The van der Waals surface area contributed by atoms with Crippen molar-refractivity contribution in [3.05, 3.63) is 28.0 Å². The van der Waals surface area contributed by atoms with E-state index in [4.69, 9.17) is 4.42 Å². The lowest BCUT2D eigenvalue weighted by atomic mass is 9.83. The highest BCUT2D eigenvalue weighted by Gasteiger charge is 2.41. The zero-order valence-electron chi connectivity index (χ0n) is 15.8. The molecule has 0 bridgehead atoms. The molecule has 6 nitrogen and oxygen atoms in total. The number of hydrogen-bond donors (Lipinski definition) is 0. The van der Waals surface area contributed by atoms with Gasteiger partial charge in [-0.2, -0.15) is 0 Å². The summed E-state index contributed by atoms with van der Waals surface area (Å²) in [6.45, 7) is 4.01. The summed E-state index contributed by atoms with van der Waals surface area (Å²) in [6, 6.07) is 0.596. The third-order valence-corrected chi connectivity index (χ3v) is 6.12. The van der Waals surface area contributed by atoms with Gasteiger partial charge in [0.2, 0.25) is 5.71 Å². The van der Waals surface area contributed by atoms with Crippen LogP contribution in [0.2, 0.25) is 0 Å². The smallest absolute Gasteiger partial charge is 0.265 e. The number of carbonyl (C=O) groups excluding carboxylic acids is 1. The average Bonchev–Trinajstić information content (AvgIpc) is 3.40. The molecule has 0 aromatic carbocycles. The molecule has 2 heterocycles. The van der Waals surface area contributed by atoms with Crippen LogP contribution >= 0.6 is 0 Å². The lowest BCUT2D eigenvalue weighted by Crippen LogP contribution is -2.44. The molecule has 140 valence electrons. The summed E-state index contributed by atoms with van der Waals surface area (Å²) in [6.07, 6.45) is 9.27. The fraction of sp³-hybridized carbons (Fsp3) is 0.650. The Hall–Kier alpha value is -2.11. The summed E-state index contributed by atoms with van der Waals surface area (Å²) >= 11 is 0. The van der Waals surface area contributed by atoms with Crippen LogP contribution in [0.15, 0.2) is 15.5 Å². The van der Waals surface area contributed by atoms with E-state index in [9.17, 15) is 9.59 Å². The van der Waals surface area contributed by atoms with Gasteiger partial charge in [-0.3, -0.25) is 9.59 Å². The zero-order valence-corrected chi connectivity index (χ0v) is 15.8. The maximum atomic E-state index is 13.5. The minimum atomic E-state index is -0.222. The molecule has 6 heteroatoms. The van der Waals surface area contributed by atoms with Crippen molar-refractivity contribution in [2.24, 2.45) is 13.0 Å². The Morgan fingerprint density at radius 2 is 1.85 bits per heavy atom. The second-order valence-electron chi connectivity index (χ2n) is 7.90. The predicted octanol–water partition coefficient (Wildman–Crippen LogP) is 3.41. The van der Waals surface area contributed by atoms with Crippen LogP contribution in [0, 0.1) is 12.8 Å². The Bertz CT molecular complexity index is 886. The standard InChI is InChI=1S/C20H27N3O3/c1-4-13-5-7-14(8-6-13)23(15-9-10-15)20(25)16-12(2)26-18-17(16)19(24)22(3)11-21-18/h11,13-15H,4-10H2,1-3H3. The van der Waals surface area contributed by atoms with E-state index in [0.29, 0.717) is 22.8 Å². The first-order valence-corrected chi connectivity index (χ1v) is 9.78. The molecule has 0 atom stereocenters. The van der Waals surface area contributed by atoms with Crippen molar-refractivity contribution in [1.82, 2.24) is 14.5 Å². The molecular weight excluding hydrogens is 330 g/mol. The zero-order chi connectivity index (χ0) is 18.4. The van der Waals surface area contributed by atoms with Gasteiger partial charge < -0.3 is 13.9 Å². The molecule has 26 heavy (non-hydrogen) atoms. The molecule has 0 radical (unpaired) electrons. The summed E-state index contributed by atoms with van der Waals surface area (Å²) < 4.78 is 7.06. The molecule has 2 fully saturated rings. The molecule has 2 aromatic rings. The van der Waals surface area contributed by atoms with Gasteiger partial charge in [0, 0.05) is 19.1 Å². The van der Waals surface area contributed by atoms with E-state index in [0.717, 1.165) is 31.6 Å². The number of carbonyl (C=O) groups is 1. The monoisotopic (exact) mass is 357 g/mol. The fourth-order valence-electron chi connectivity index (χ4n) is 4.39. The molecule has 0 aliphatic heterocycles. The Labute approximate surface area is 153 Å². The highest BCUT2D eigenvalue weighted by Crippen LogP contribution is 2.38. The van der Waals surface area contributed by atoms with Crippen LogP contribution in [-0.2, 0) is 7.05 Å². The van der Waals surface area contributed by atoms with E-state index in [2.05, 4.69) is 16.8 Å². The number of hydrogen-bond acceptors (Lipinski definition) is 4. The summed E-state index contributed by atoms with van der Waals surface area (Å²) in [4.78, 5) is 32.4. The van der Waals surface area contributed by atoms with Crippen LogP contribution in [0.25, 0.3) is 11.1 Å². The molecule has 0 spiro atoms.